The van der Waals surface area contributed by atoms with Gasteiger partial charge in [0.1, 0.15) is 5.00 Å². The maximum Gasteiger partial charge on any atom is 0.319 e. The van der Waals surface area contributed by atoms with Gasteiger partial charge in [-0.1, -0.05) is 13.8 Å². The Kier molecular flexibility index (Phi) is 7.51. The molecule has 0 radical (unpaired) electrons. The number of nitrogens with zero attached hydrogens (tertiary/aromatic N) is 2. The maximum absolute atomic E-state index is 13.1. The Morgan fingerprint density at radius 3 is 2.31 bits per heavy atom. The SMILES string of the molecule is CC1CC(C)CN(S(=O)(=O)c2ccc(C(=O)Nc3sc4c(c3C(=O)NC(N)=O)CCN(C)C4)cc2)C1. The number of sulfonamides is 1. The topological polar surface area (TPSA) is 142 Å². The van der Waals surface area contributed by atoms with E-state index < -0.39 is 27.9 Å². The number of carbonyl (C=O) groups excluding carboxylic acids is 3. The first kappa shape index (κ1) is 26.3. The van der Waals surface area contributed by atoms with Gasteiger partial charge in [0, 0.05) is 36.6 Å². The first-order valence-electron chi connectivity index (χ1n) is 11.8. The van der Waals surface area contributed by atoms with Crippen LogP contribution in [0.2, 0.25) is 0 Å². The normalized spacial score (nSPS) is 21.0. The van der Waals surface area contributed by atoms with E-state index >= 15 is 0 Å². The average molecular weight is 534 g/mol. The van der Waals surface area contributed by atoms with Gasteiger partial charge in [0.2, 0.25) is 10.0 Å². The Balaban J connectivity index is 1.56. The lowest BCUT2D eigenvalue weighted by Gasteiger charge is -2.34. The standard InChI is InChI=1S/C24H31N5O5S2/c1-14-10-15(2)12-29(11-14)36(33,34)17-6-4-16(5-7-17)21(30)26-23-20(22(31)27-24(25)32)18-8-9-28(3)13-19(18)35-23/h4-7,14-15H,8-13H2,1-3H3,(H,26,30)(H3,25,27,31,32). The number of anilines is 1. The van der Waals surface area contributed by atoms with Gasteiger partial charge >= 0.3 is 6.03 Å². The number of fused-ring (bicyclic) bond motifs is 1. The van der Waals surface area contributed by atoms with Crippen molar-refractivity contribution in [1.29, 1.82) is 0 Å². The van der Waals surface area contributed by atoms with Crippen LogP contribution in [0.15, 0.2) is 29.2 Å². The summed E-state index contributed by atoms with van der Waals surface area (Å²) in [6, 6.07) is 4.82. The van der Waals surface area contributed by atoms with E-state index in [4.69, 9.17) is 5.73 Å². The summed E-state index contributed by atoms with van der Waals surface area (Å²) in [5.41, 5.74) is 6.42. The molecule has 4 N–H and O–H groups in total. The minimum Gasteiger partial charge on any atom is -0.351 e. The fourth-order valence-electron chi connectivity index (χ4n) is 4.94. The van der Waals surface area contributed by atoms with Gasteiger partial charge in [-0.05, 0) is 61.6 Å². The smallest absolute Gasteiger partial charge is 0.319 e. The molecule has 2 atom stereocenters. The van der Waals surface area contributed by atoms with Crippen molar-refractivity contribution >= 4 is 44.2 Å². The van der Waals surface area contributed by atoms with Crippen LogP contribution in [0.5, 0.6) is 0 Å². The molecule has 4 amide bonds. The molecule has 12 heteroatoms. The van der Waals surface area contributed by atoms with Crippen molar-refractivity contribution in [1.82, 2.24) is 14.5 Å². The molecule has 0 aliphatic carbocycles. The second kappa shape index (κ2) is 10.3. The zero-order valence-corrected chi connectivity index (χ0v) is 22.2. The molecule has 36 heavy (non-hydrogen) atoms. The van der Waals surface area contributed by atoms with Gasteiger partial charge in [-0.3, -0.25) is 14.9 Å². The lowest BCUT2D eigenvalue weighted by Crippen LogP contribution is -2.42. The highest BCUT2D eigenvalue weighted by Crippen LogP contribution is 2.37. The number of urea groups is 1. The molecule has 1 aromatic heterocycles. The quantitative estimate of drug-likeness (QED) is 0.539. The van der Waals surface area contributed by atoms with E-state index in [1.165, 1.54) is 39.9 Å². The number of benzene rings is 1. The van der Waals surface area contributed by atoms with E-state index in [9.17, 15) is 22.8 Å². The second-order valence-electron chi connectivity index (χ2n) is 9.76. The first-order chi connectivity index (χ1) is 17.0. The maximum atomic E-state index is 13.1. The van der Waals surface area contributed by atoms with Crippen molar-refractivity contribution in [3.63, 3.8) is 0 Å². The average Bonchev–Trinajstić information content (AvgIpc) is 3.14. The van der Waals surface area contributed by atoms with Crippen LogP contribution in [0, 0.1) is 11.8 Å². The van der Waals surface area contributed by atoms with Gasteiger partial charge in [-0.2, -0.15) is 4.31 Å². The number of thiophene rings is 1. The molecule has 2 unspecified atom stereocenters. The number of hydrogen-bond acceptors (Lipinski definition) is 7. The molecule has 1 saturated heterocycles. The van der Waals surface area contributed by atoms with Crippen LogP contribution in [0.25, 0.3) is 0 Å². The molecule has 10 nitrogen and oxygen atoms in total. The zero-order valence-electron chi connectivity index (χ0n) is 20.5. The Morgan fingerprint density at radius 1 is 1.06 bits per heavy atom. The summed E-state index contributed by atoms with van der Waals surface area (Å²) in [5, 5.41) is 5.19. The molecule has 194 valence electrons. The van der Waals surface area contributed by atoms with Crippen molar-refractivity contribution in [3.05, 3.63) is 45.8 Å². The third kappa shape index (κ3) is 5.46. The van der Waals surface area contributed by atoms with E-state index in [0.717, 1.165) is 23.4 Å². The highest BCUT2D eigenvalue weighted by Gasteiger charge is 2.32. The summed E-state index contributed by atoms with van der Waals surface area (Å²) in [5.74, 6) is -0.581. The number of carbonyl (C=O) groups is 3. The fourth-order valence-corrected chi connectivity index (χ4v) is 7.94. The Morgan fingerprint density at radius 2 is 1.69 bits per heavy atom. The van der Waals surface area contributed by atoms with Crippen molar-refractivity contribution in [2.24, 2.45) is 17.6 Å². The van der Waals surface area contributed by atoms with Crippen LogP contribution in [0.1, 0.15) is 51.4 Å². The molecular formula is C24H31N5O5S2. The molecule has 4 rings (SSSR count). The van der Waals surface area contributed by atoms with E-state index in [0.29, 0.717) is 31.1 Å². The monoisotopic (exact) mass is 533 g/mol. The van der Waals surface area contributed by atoms with Crippen molar-refractivity contribution < 1.29 is 22.8 Å². The number of rotatable bonds is 5. The predicted octanol–water partition coefficient (Wildman–Crippen LogP) is 2.46. The van der Waals surface area contributed by atoms with Crippen molar-refractivity contribution in [2.75, 3.05) is 32.0 Å². The summed E-state index contributed by atoms with van der Waals surface area (Å²) >= 11 is 1.28. The third-order valence-corrected chi connectivity index (χ3v) is 9.51. The highest BCUT2D eigenvalue weighted by molar-refractivity contribution is 7.89. The highest BCUT2D eigenvalue weighted by atomic mass is 32.2. The first-order valence-corrected chi connectivity index (χ1v) is 14.1. The van der Waals surface area contributed by atoms with Gasteiger partial charge in [0.25, 0.3) is 11.8 Å². The number of nitrogens with one attached hydrogen (secondary N) is 2. The third-order valence-electron chi connectivity index (χ3n) is 6.53. The number of hydrogen-bond donors (Lipinski definition) is 3. The summed E-state index contributed by atoms with van der Waals surface area (Å²) in [6.07, 6.45) is 1.59. The zero-order chi connectivity index (χ0) is 26.2. The lowest BCUT2D eigenvalue weighted by molar-refractivity contribution is 0.0966. The van der Waals surface area contributed by atoms with Gasteiger partial charge in [-0.25, -0.2) is 13.2 Å². The molecule has 1 fully saturated rings. The van der Waals surface area contributed by atoms with Crippen LogP contribution < -0.4 is 16.4 Å². The molecule has 2 aliphatic heterocycles. The van der Waals surface area contributed by atoms with E-state index in [-0.39, 0.29) is 27.9 Å². The molecular weight excluding hydrogens is 502 g/mol. The summed E-state index contributed by atoms with van der Waals surface area (Å²) in [7, 11) is -1.70. The number of likely N-dealkylation sites (N-methyl/N-ethyl adjacent to an activating group) is 1. The van der Waals surface area contributed by atoms with E-state index in [2.05, 4.69) is 15.5 Å². The van der Waals surface area contributed by atoms with Crippen LogP contribution >= 0.6 is 11.3 Å². The number of piperidine rings is 1. The second-order valence-corrected chi connectivity index (χ2v) is 12.8. The summed E-state index contributed by atoms with van der Waals surface area (Å²) < 4.78 is 27.8. The van der Waals surface area contributed by atoms with Crippen molar-refractivity contribution in [3.8, 4) is 0 Å². The van der Waals surface area contributed by atoms with Crippen LogP contribution in [-0.4, -0.2) is 62.2 Å². The lowest BCUT2D eigenvalue weighted by atomic mass is 9.94. The van der Waals surface area contributed by atoms with Gasteiger partial charge in [0.15, 0.2) is 0 Å². The fraction of sp³-hybridized carbons (Fsp3) is 0.458. The van der Waals surface area contributed by atoms with Crippen LogP contribution in [0.4, 0.5) is 9.80 Å². The molecule has 2 aromatic rings. The van der Waals surface area contributed by atoms with Gasteiger partial charge in [0.05, 0.1) is 10.5 Å². The Labute approximate surface area is 214 Å². The van der Waals surface area contributed by atoms with Crippen LogP contribution in [-0.2, 0) is 23.0 Å². The Hall–Kier alpha value is -2.80. The number of primary amides is 1. The molecule has 0 bridgehead atoms. The number of nitrogens with two attached hydrogens (primary N) is 1. The summed E-state index contributed by atoms with van der Waals surface area (Å²) in [6.45, 7) is 6.39. The molecule has 1 aromatic carbocycles. The van der Waals surface area contributed by atoms with Crippen LogP contribution in [0.3, 0.4) is 0 Å². The minimum absolute atomic E-state index is 0.136. The van der Waals surface area contributed by atoms with E-state index in [1.54, 1.807) is 0 Å². The van der Waals surface area contributed by atoms with E-state index in [1.807, 2.05) is 20.9 Å². The number of amides is 4. The van der Waals surface area contributed by atoms with Gasteiger partial charge < -0.3 is 16.0 Å². The minimum atomic E-state index is -3.66. The molecule has 0 spiro atoms. The Bertz CT molecular complexity index is 1280. The molecule has 2 aliphatic rings. The van der Waals surface area contributed by atoms with Gasteiger partial charge in [-0.15, -0.1) is 11.3 Å². The molecule has 0 saturated carbocycles. The largest absolute Gasteiger partial charge is 0.351 e. The van der Waals surface area contributed by atoms with Crippen molar-refractivity contribution in [2.45, 2.75) is 38.1 Å². The number of imide groups is 1. The summed E-state index contributed by atoms with van der Waals surface area (Å²) in [4.78, 5) is 40.2. The predicted molar refractivity (Wildman–Crippen MR) is 138 cm³/mol. The molecule has 3 heterocycles.